The number of carbonyl (C=O) groups is 2. The molecule has 4 aromatic carbocycles. The molecule has 1 aromatic heterocycles. The Labute approximate surface area is 247 Å². The molecule has 0 fully saturated rings. The molecule has 6 nitrogen and oxygen atoms in total. The molecule has 0 bridgehead atoms. The van der Waals surface area contributed by atoms with Crippen LogP contribution in [0.3, 0.4) is 0 Å². The highest BCUT2D eigenvalue weighted by Gasteiger charge is 2.23. The maximum atomic E-state index is 13.5. The molecule has 1 heterocycles. The molecule has 206 valence electrons. The van der Waals surface area contributed by atoms with E-state index in [-0.39, 0.29) is 11.8 Å². The van der Waals surface area contributed by atoms with E-state index in [2.05, 4.69) is 15.6 Å². The van der Waals surface area contributed by atoms with Crippen LogP contribution in [0.25, 0.3) is 11.3 Å². The monoisotopic (exact) mass is 579 g/mol. The number of aryl methyl sites for hydroxylation is 1. The van der Waals surface area contributed by atoms with Crippen molar-refractivity contribution in [3.8, 4) is 17.0 Å². The molecule has 0 aliphatic heterocycles. The Morgan fingerprint density at radius 3 is 2.37 bits per heavy atom. The van der Waals surface area contributed by atoms with Crippen LogP contribution in [-0.2, 0) is 4.79 Å². The zero-order valence-corrected chi connectivity index (χ0v) is 24.3. The fourth-order valence-electron chi connectivity index (χ4n) is 4.17. The molecule has 0 radical (unpaired) electrons. The summed E-state index contributed by atoms with van der Waals surface area (Å²) in [5.41, 5.74) is 4.95. The Morgan fingerprint density at radius 2 is 1.66 bits per heavy atom. The van der Waals surface area contributed by atoms with Gasteiger partial charge in [0, 0.05) is 27.1 Å². The summed E-state index contributed by atoms with van der Waals surface area (Å²) in [5.74, 6) is 0.485. The van der Waals surface area contributed by atoms with Crippen molar-refractivity contribution in [2.24, 2.45) is 0 Å². The topological polar surface area (TPSA) is 80.3 Å². The molecule has 8 heteroatoms. The van der Waals surface area contributed by atoms with Crippen molar-refractivity contribution in [1.29, 1.82) is 0 Å². The zero-order chi connectivity index (χ0) is 28.6. The van der Waals surface area contributed by atoms with Gasteiger partial charge in [-0.2, -0.15) is 0 Å². The summed E-state index contributed by atoms with van der Waals surface area (Å²) in [4.78, 5) is 31.7. The van der Waals surface area contributed by atoms with Crippen molar-refractivity contribution in [2.45, 2.75) is 24.0 Å². The van der Waals surface area contributed by atoms with Crippen LogP contribution in [-0.4, -0.2) is 23.4 Å². The van der Waals surface area contributed by atoms with E-state index in [1.165, 1.54) is 23.1 Å². The van der Waals surface area contributed by atoms with Crippen LogP contribution in [0.1, 0.15) is 33.7 Å². The van der Waals surface area contributed by atoms with Gasteiger partial charge in [-0.3, -0.25) is 9.59 Å². The van der Waals surface area contributed by atoms with Crippen LogP contribution in [0, 0.1) is 6.92 Å². The fourth-order valence-corrected chi connectivity index (χ4v) is 5.91. The number of ether oxygens (including phenoxy) is 1. The smallest absolute Gasteiger partial charge is 0.255 e. The Kier molecular flexibility index (Phi) is 9.13. The Hall–Kier alpha value is -4.40. The lowest BCUT2D eigenvalue weighted by molar-refractivity contribution is -0.115. The van der Waals surface area contributed by atoms with E-state index < -0.39 is 5.25 Å². The molecule has 2 N–H and O–H groups in total. The minimum Gasteiger partial charge on any atom is -0.494 e. The van der Waals surface area contributed by atoms with Crippen LogP contribution in [0.4, 0.5) is 10.8 Å². The van der Waals surface area contributed by atoms with Gasteiger partial charge in [0.25, 0.3) is 5.91 Å². The van der Waals surface area contributed by atoms with Gasteiger partial charge in [0.2, 0.25) is 5.91 Å². The first-order valence-electron chi connectivity index (χ1n) is 13.2. The SMILES string of the molecule is CCOc1ccc(-c2csc(NC(=O)C(Sc3ccc(NC(=O)c4cccc(C)c4)cc3)c3ccccc3)n2)cc1. The van der Waals surface area contributed by atoms with Gasteiger partial charge >= 0.3 is 0 Å². The number of amides is 2. The van der Waals surface area contributed by atoms with Crippen LogP contribution >= 0.6 is 23.1 Å². The van der Waals surface area contributed by atoms with E-state index in [1.807, 2.05) is 116 Å². The van der Waals surface area contributed by atoms with Crippen LogP contribution in [0.5, 0.6) is 5.75 Å². The highest BCUT2D eigenvalue weighted by molar-refractivity contribution is 8.00. The molecular weight excluding hydrogens is 551 g/mol. The third kappa shape index (κ3) is 7.42. The van der Waals surface area contributed by atoms with Gasteiger partial charge in [-0.15, -0.1) is 23.1 Å². The van der Waals surface area contributed by atoms with Crippen molar-refractivity contribution in [2.75, 3.05) is 17.2 Å². The minimum atomic E-state index is -0.498. The largest absolute Gasteiger partial charge is 0.494 e. The molecule has 0 saturated carbocycles. The number of nitrogens with zero attached hydrogens (tertiary/aromatic N) is 1. The second-order valence-electron chi connectivity index (χ2n) is 9.24. The third-order valence-corrected chi connectivity index (χ3v) is 8.21. The number of aromatic nitrogens is 1. The van der Waals surface area contributed by atoms with Gasteiger partial charge in [0.05, 0.1) is 12.3 Å². The molecule has 41 heavy (non-hydrogen) atoms. The molecule has 5 aromatic rings. The molecule has 5 rings (SSSR count). The molecular formula is C33H29N3O3S2. The quantitative estimate of drug-likeness (QED) is 0.163. The Balaban J connectivity index is 1.28. The van der Waals surface area contributed by atoms with Gasteiger partial charge < -0.3 is 15.4 Å². The molecule has 0 aliphatic rings. The second kappa shape index (κ2) is 13.3. The summed E-state index contributed by atoms with van der Waals surface area (Å²) in [6.07, 6.45) is 0. The normalized spacial score (nSPS) is 11.5. The highest BCUT2D eigenvalue weighted by Crippen LogP contribution is 2.37. The maximum absolute atomic E-state index is 13.5. The van der Waals surface area contributed by atoms with E-state index in [4.69, 9.17) is 4.74 Å². The van der Waals surface area contributed by atoms with Gasteiger partial charge in [-0.25, -0.2) is 4.98 Å². The van der Waals surface area contributed by atoms with Crippen molar-refractivity contribution in [1.82, 2.24) is 4.98 Å². The number of rotatable bonds is 10. The fraction of sp³-hybridized carbons (Fsp3) is 0.121. The van der Waals surface area contributed by atoms with Crippen molar-refractivity contribution in [3.63, 3.8) is 0 Å². The zero-order valence-electron chi connectivity index (χ0n) is 22.7. The number of thiazole rings is 1. The van der Waals surface area contributed by atoms with Crippen LogP contribution < -0.4 is 15.4 Å². The summed E-state index contributed by atoms with van der Waals surface area (Å²) in [7, 11) is 0. The molecule has 2 amide bonds. The first kappa shape index (κ1) is 28.1. The predicted octanol–water partition coefficient (Wildman–Crippen LogP) is 8.24. The lowest BCUT2D eigenvalue weighted by atomic mass is 10.1. The molecule has 0 aliphatic carbocycles. The number of nitrogens with one attached hydrogen (secondary N) is 2. The number of anilines is 2. The minimum absolute atomic E-state index is 0.161. The number of benzene rings is 4. The lowest BCUT2D eigenvalue weighted by Crippen LogP contribution is -2.19. The summed E-state index contributed by atoms with van der Waals surface area (Å²) in [5, 5.41) is 7.91. The van der Waals surface area contributed by atoms with Crippen molar-refractivity contribution >= 4 is 45.7 Å². The predicted molar refractivity (Wildman–Crippen MR) is 168 cm³/mol. The van der Waals surface area contributed by atoms with Gasteiger partial charge in [-0.1, -0.05) is 48.0 Å². The molecule has 0 saturated heterocycles. The number of carbonyl (C=O) groups excluding carboxylic acids is 2. The molecule has 1 atom stereocenters. The van der Waals surface area contributed by atoms with Crippen LogP contribution in [0.15, 0.2) is 113 Å². The Morgan fingerprint density at radius 1 is 0.902 bits per heavy atom. The lowest BCUT2D eigenvalue weighted by Gasteiger charge is -2.16. The number of thioether (sulfide) groups is 1. The third-order valence-electron chi connectivity index (χ3n) is 6.18. The number of hydrogen-bond donors (Lipinski definition) is 2. The van der Waals surface area contributed by atoms with Gasteiger partial charge in [0.1, 0.15) is 11.0 Å². The summed E-state index contributed by atoms with van der Waals surface area (Å²) < 4.78 is 5.52. The second-order valence-corrected chi connectivity index (χ2v) is 11.3. The van der Waals surface area contributed by atoms with Gasteiger partial charge in [0.15, 0.2) is 5.13 Å². The summed E-state index contributed by atoms with van der Waals surface area (Å²) in [6.45, 7) is 4.52. The molecule has 0 spiro atoms. The van der Waals surface area contributed by atoms with Crippen molar-refractivity contribution in [3.05, 3.63) is 125 Å². The van der Waals surface area contributed by atoms with E-state index in [0.29, 0.717) is 23.0 Å². The summed E-state index contributed by atoms with van der Waals surface area (Å²) >= 11 is 2.83. The average Bonchev–Trinajstić information content (AvgIpc) is 3.46. The van der Waals surface area contributed by atoms with E-state index in [9.17, 15) is 9.59 Å². The maximum Gasteiger partial charge on any atom is 0.255 e. The van der Waals surface area contributed by atoms with Gasteiger partial charge in [-0.05, 0) is 80.1 Å². The number of hydrogen-bond acceptors (Lipinski definition) is 6. The highest BCUT2D eigenvalue weighted by atomic mass is 32.2. The Bertz CT molecular complexity index is 1620. The first-order valence-corrected chi connectivity index (χ1v) is 14.9. The van der Waals surface area contributed by atoms with Crippen molar-refractivity contribution < 1.29 is 14.3 Å². The van der Waals surface area contributed by atoms with E-state index >= 15 is 0 Å². The first-order chi connectivity index (χ1) is 20.0. The van der Waals surface area contributed by atoms with Crippen LogP contribution in [0.2, 0.25) is 0 Å². The standard InChI is InChI=1S/C33H29N3O3S2/c1-3-39-27-16-12-23(13-17-27)29-21-40-33(35-29)36-32(38)30(24-9-5-4-6-10-24)41-28-18-14-26(15-19-28)34-31(37)25-11-7-8-22(2)20-25/h4-21,30H,3H2,1-2H3,(H,34,37)(H,35,36,38). The van der Waals surface area contributed by atoms with E-state index in [0.717, 1.165) is 33.0 Å². The molecule has 1 unspecified atom stereocenters. The van der Waals surface area contributed by atoms with E-state index in [1.54, 1.807) is 6.07 Å². The summed E-state index contributed by atoms with van der Waals surface area (Å²) in [6, 6.07) is 32.4. The average molecular weight is 580 g/mol.